The van der Waals surface area contributed by atoms with Crippen molar-refractivity contribution in [1.29, 1.82) is 10.5 Å². The Kier molecular flexibility index (Phi) is 5.92. The van der Waals surface area contributed by atoms with Gasteiger partial charge in [-0.05, 0) is 30.2 Å². The summed E-state index contributed by atoms with van der Waals surface area (Å²) in [6, 6.07) is 7.14. The molecule has 0 aromatic heterocycles. The number of nitrogens with zero attached hydrogens (tertiary/aromatic N) is 2. The Morgan fingerprint density at radius 1 is 1.32 bits per heavy atom. The Hall–Kier alpha value is -1.98. The van der Waals surface area contributed by atoms with Crippen LogP contribution < -0.4 is 9.47 Å². The highest BCUT2D eigenvalue weighted by Gasteiger charge is 2.09. The Morgan fingerprint density at radius 3 is 2.53 bits per heavy atom. The molecule has 5 heteroatoms. The van der Waals surface area contributed by atoms with E-state index in [2.05, 4.69) is 15.9 Å². The molecule has 0 heterocycles. The van der Waals surface area contributed by atoms with E-state index >= 15 is 0 Å². The maximum absolute atomic E-state index is 8.76. The van der Waals surface area contributed by atoms with E-state index in [0.29, 0.717) is 23.7 Å². The molecule has 0 saturated heterocycles. The quantitative estimate of drug-likeness (QED) is 0.776. The first-order valence-electron chi connectivity index (χ1n) is 5.68. The van der Waals surface area contributed by atoms with Crippen molar-refractivity contribution in [3.8, 4) is 23.6 Å². The van der Waals surface area contributed by atoms with Gasteiger partial charge in [0.25, 0.3) is 0 Å². The number of nitriles is 2. The number of benzene rings is 1. The number of hydrogen-bond donors (Lipinski definition) is 0. The number of hydrogen-bond acceptors (Lipinski definition) is 4. The third-order valence-electron chi connectivity index (χ3n) is 2.29. The summed E-state index contributed by atoms with van der Waals surface area (Å²) in [7, 11) is 1.55. The van der Waals surface area contributed by atoms with E-state index in [1.807, 2.05) is 19.1 Å². The van der Waals surface area contributed by atoms with Crippen molar-refractivity contribution in [1.82, 2.24) is 0 Å². The molecule has 0 radical (unpaired) electrons. The molecule has 1 aromatic rings. The van der Waals surface area contributed by atoms with Gasteiger partial charge in [-0.15, -0.1) is 0 Å². The van der Waals surface area contributed by atoms with Gasteiger partial charge in [0.05, 0.1) is 13.7 Å². The minimum absolute atomic E-state index is 0.0324. The van der Waals surface area contributed by atoms with E-state index in [1.165, 1.54) is 6.08 Å². The second kappa shape index (κ2) is 7.45. The molecule has 0 atom stereocenters. The lowest BCUT2D eigenvalue weighted by atomic mass is 10.1. The van der Waals surface area contributed by atoms with Crippen molar-refractivity contribution < 1.29 is 9.47 Å². The molecule has 0 fully saturated rings. The number of halogens is 1. The predicted octanol–water partition coefficient (Wildman–Crippen LogP) is 3.68. The summed E-state index contributed by atoms with van der Waals surface area (Å²) in [5.74, 6) is 1.20. The first-order chi connectivity index (χ1) is 9.15. The van der Waals surface area contributed by atoms with E-state index < -0.39 is 0 Å². The molecular weight excluding hydrogens is 308 g/mol. The maximum atomic E-state index is 8.76. The molecule has 0 aliphatic carbocycles. The van der Waals surface area contributed by atoms with Gasteiger partial charge in [-0.25, -0.2) is 0 Å². The van der Waals surface area contributed by atoms with Gasteiger partial charge in [-0.1, -0.05) is 22.9 Å². The van der Waals surface area contributed by atoms with Gasteiger partial charge in [-0.3, -0.25) is 0 Å². The van der Waals surface area contributed by atoms with Gasteiger partial charge < -0.3 is 9.47 Å². The predicted molar refractivity (Wildman–Crippen MR) is 75.7 cm³/mol. The first kappa shape index (κ1) is 15.1. The summed E-state index contributed by atoms with van der Waals surface area (Å²) in [4.78, 5) is 0. The number of methoxy groups -OCH3 is 1. The van der Waals surface area contributed by atoms with Gasteiger partial charge in [-0.2, -0.15) is 10.5 Å². The summed E-state index contributed by atoms with van der Waals surface area (Å²) in [5, 5.41) is 17.5. The van der Waals surface area contributed by atoms with Crippen LogP contribution in [-0.4, -0.2) is 13.7 Å². The Balaban J connectivity index is 3.21. The molecule has 0 bridgehead atoms. The second-order valence-electron chi connectivity index (χ2n) is 3.65. The van der Waals surface area contributed by atoms with Crippen molar-refractivity contribution in [3.05, 3.63) is 27.7 Å². The van der Waals surface area contributed by atoms with E-state index in [0.717, 1.165) is 10.9 Å². The van der Waals surface area contributed by atoms with Gasteiger partial charge in [0, 0.05) is 4.47 Å². The molecule has 0 amide bonds. The topological polar surface area (TPSA) is 66.0 Å². The van der Waals surface area contributed by atoms with E-state index in [4.69, 9.17) is 20.0 Å². The van der Waals surface area contributed by atoms with Crippen LogP contribution in [0.4, 0.5) is 0 Å². The molecule has 0 N–H and O–H groups in total. The average Bonchev–Trinajstić information content (AvgIpc) is 2.43. The zero-order valence-electron chi connectivity index (χ0n) is 10.7. The summed E-state index contributed by atoms with van der Waals surface area (Å²) < 4.78 is 11.5. The van der Waals surface area contributed by atoms with Crippen molar-refractivity contribution in [2.45, 2.75) is 13.3 Å². The molecule has 0 spiro atoms. The normalized spacial score (nSPS) is 9.11. The number of rotatable bonds is 5. The smallest absolute Gasteiger partial charge is 0.162 e. The zero-order chi connectivity index (χ0) is 14.3. The second-order valence-corrected chi connectivity index (χ2v) is 4.51. The van der Waals surface area contributed by atoms with Crippen LogP contribution in [0.15, 0.2) is 22.2 Å². The Morgan fingerprint density at radius 2 is 2.00 bits per heavy atom. The Labute approximate surface area is 121 Å². The summed E-state index contributed by atoms with van der Waals surface area (Å²) >= 11 is 3.39. The van der Waals surface area contributed by atoms with Crippen LogP contribution in [-0.2, 0) is 0 Å². The van der Waals surface area contributed by atoms with Gasteiger partial charge in [0.1, 0.15) is 17.7 Å². The Bertz CT molecular complexity index is 552. The lowest BCUT2D eigenvalue weighted by Crippen LogP contribution is -1.98. The van der Waals surface area contributed by atoms with Crippen molar-refractivity contribution in [2.75, 3.05) is 13.7 Å². The van der Waals surface area contributed by atoms with Gasteiger partial charge >= 0.3 is 0 Å². The minimum Gasteiger partial charge on any atom is -0.493 e. The van der Waals surface area contributed by atoms with E-state index in [1.54, 1.807) is 19.2 Å². The lowest BCUT2D eigenvalue weighted by Gasteiger charge is -2.12. The fourth-order valence-corrected chi connectivity index (χ4v) is 1.83. The molecule has 0 aliphatic rings. The SMILES string of the molecule is CCCOc1cc(Br)c(C=C(C#N)C#N)cc1OC. The van der Waals surface area contributed by atoms with Crippen LogP contribution in [0.5, 0.6) is 11.5 Å². The highest BCUT2D eigenvalue weighted by Crippen LogP contribution is 2.34. The molecule has 19 heavy (non-hydrogen) atoms. The molecule has 98 valence electrons. The van der Waals surface area contributed by atoms with Crippen LogP contribution in [0.1, 0.15) is 18.9 Å². The summed E-state index contributed by atoms with van der Waals surface area (Å²) in [6.45, 7) is 2.62. The average molecular weight is 321 g/mol. The molecular formula is C14H13BrN2O2. The molecule has 0 saturated carbocycles. The summed E-state index contributed by atoms with van der Waals surface area (Å²) in [6.07, 6.45) is 2.39. The van der Waals surface area contributed by atoms with E-state index in [-0.39, 0.29) is 5.57 Å². The number of ether oxygens (including phenoxy) is 2. The lowest BCUT2D eigenvalue weighted by molar-refractivity contribution is 0.294. The fraction of sp³-hybridized carbons (Fsp3) is 0.286. The standard InChI is InChI=1S/C14H13BrN2O2/c1-3-4-19-14-7-12(15)11(6-13(14)18-2)5-10(8-16)9-17/h5-7H,3-4H2,1-2H3. The largest absolute Gasteiger partial charge is 0.493 e. The fourth-order valence-electron chi connectivity index (χ4n) is 1.39. The molecule has 1 rings (SSSR count). The van der Waals surface area contributed by atoms with Crippen LogP contribution in [0.3, 0.4) is 0 Å². The van der Waals surface area contributed by atoms with E-state index in [9.17, 15) is 0 Å². The highest BCUT2D eigenvalue weighted by molar-refractivity contribution is 9.10. The van der Waals surface area contributed by atoms with Crippen molar-refractivity contribution in [3.63, 3.8) is 0 Å². The molecule has 4 nitrogen and oxygen atoms in total. The number of allylic oxidation sites excluding steroid dienone is 1. The van der Waals surface area contributed by atoms with Crippen LogP contribution in [0, 0.1) is 22.7 Å². The van der Waals surface area contributed by atoms with Gasteiger partial charge in [0.2, 0.25) is 0 Å². The highest BCUT2D eigenvalue weighted by atomic mass is 79.9. The molecule has 0 unspecified atom stereocenters. The third-order valence-corrected chi connectivity index (χ3v) is 2.97. The van der Waals surface area contributed by atoms with Crippen LogP contribution in [0.2, 0.25) is 0 Å². The monoisotopic (exact) mass is 320 g/mol. The van der Waals surface area contributed by atoms with Crippen molar-refractivity contribution in [2.24, 2.45) is 0 Å². The van der Waals surface area contributed by atoms with Crippen LogP contribution in [0.25, 0.3) is 6.08 Å². The van der Waals surface area contributed by atoms with Gasteiger partial charge in [0.15, 0.2) is 11.5 Å². The van der Waals surface area contributed by atoms with Crippen LogP contribution >= 0.6 is 15.9 Å². The summed E-state index contributed by atoms with van der Waals surface area (Å²) in [5.41, 5.74) is 0.726. The minimum atomic E-state index is 0.0324. The maximum Gasteiger partial charge on any atom is 0.162 e. The molecule has 1 aromatic carbocycles. The zero-order valence-corrected chi connectivity index (χ0v) is 12.3. The van der Waals surface area contributed by atoms with Crippen molar-refractivity contribution >= 4 is 22.0 Å². The third kappa shape index (κ3) is 4.01. The first-order valence-corrected chi connectivity index (χ1v) is 6.47. The molecule has 0 aliphatic heterocycles.